The van der Waals surface area contributed by atoms with Gasteiger partial charge in [-0.15, -0.1) is 0 Å². The average molecular weight is 422 g/mol. The molecule has 0 saturated heterocycles. The molecule has 3 aromatic rings. The number of aromatic nitrogens is 3. The summed E-state index contributed by atoms with van der Waals surface area (Å²) >= 11 is 0. The maximum Gasteiger partial charge on any atom is 0.490 e. The van der Waals surface area contributed by atoms with Crippen molar-refractivity contribution in [2.45, 2.75) is 26.1 Å². The lowest BCUT2D eigenvalue weighted by Gasteiger charge is -2.19. The lowest BCUT2D eigenvalue weighted by Crippen LogP contribution is -2.24. The minimum atomic E-state index is -5.08. The predicted molar refractivity (Wildman–Crippen MR) is 98.5 cm³/mol. The maximum absolute atomic E-state index is 10.6. The van der Waals surface area contributed by atoms with Crippen molar-refractivity contribution in [2.24, 2.45) is 0 Å². The highest BCUT2D eigenvalue weighted by atomic mass is 19.4. The van der Waals surface area contributed by atoms with Gasteiger partial charge in [0.2, 0.25) is 5.82 Å². The number of nitrogens with one attached hydrogen (secondary N) is 1. The van der Waals surface area contributed by atoms with E-state index in [-0.39, 0.29) is 5.75 Å². The van der Waals surface area contributed by atoms with Crippen LogP contribution < -0.4 is 5.32 Å². The summed E-state index contributed by atoms with van der Waals surface area (Å²) in [6.07, 6.45) is -2.27. The number of rotatable bonds is 2. The van der Waals surface area contributed by atoms with Crippen molar-refractivity contribution in [3.8, 4) is 28.6 Å². The van der Waals surface area contributed by atoms with Crippen LogP contribution in [0.15, 0.2) is 35.0 Å². The van der Waals surface area contributed by atoms with Crippen LogP contribution in [0.3, 0.4) is 0 Å². The van der Waals surface area contributed by atoms with Crippen LogP contribution in [0.1, 0.15) is 16.8 Å². The highest BCUT2D eigenvalue weighted by molar-refractivity contribution is 5.73. The number of carbonyl (C=O) groups is 1. The molecule has 0 fully saturated rings. The Morgan fingerprint density at radius 1 is 1.27 bits per heavy atom. The largest absolute Gasteiger partial charge is 0.507 e. The van der Waals surface area contributed by atoms with E-state index >= 15 is 0 Å². The minimum Gasteiger partial charge on any atom is -0.507 e. The van der Waals surface area contributed by atoms with Crippen molar-refractivity contribution in [2.75, 3.05) is 6.54 Å². The van der Waals surface area contributed by atoms with Crippen LogP contribution in [0.4, 0.5) is 13.2 Å². The summed E-state index contributed by atoms with van der Waals surface area (Å²) in [5, 5.41) is 24.5. The SMILES string of the molecule is Cc1ncc2c(c1-c1noc(-c3ccccc3O)n1)CCNC2.O=C(O)C(F)(F)F. The van der Waals surface area contributed by atoms with Crippen molar-refractivity contribution in [3.63, 3.8) is 0 Å². The molecule has 4 rings (SSSR count). The van der Waals surface area contributed by atoms with Crippen LogP contribution in [0.2, 0.25) is 0 Å². The topological polar surface area (TPSA) is 121 Å². The van der Waals surface area contributed by atoms with E-state index in [0.717, 1.165) is 30.8 Å². The van der Waals surface area contributed by atoms with Crippen LogP contribution in [0.5, 0.6) is 5.75 Å². The second-order valence-electron chi connectivity index (χ2n) is 6.39. The standard InChI is InChI=1S/C17H16N4O2.C2HF3O2/c1-10-15(12-6-7-18-8-11(12)9-19-10)16-20-17(23-21-16)13-4-2-3-5-14(13)22;3-2(4,5)1(6)7/h2-5,9,18,22H,6-8H2,1H3;(H,6,7). The van der Waals surface area contributed by atoms with Crippen LogP contribution in [0, 0.1) is 6.92 Å². The third-order valence-corrected chi connectivity index (χ3v) is 4.36. The van der Waals surface area contributed by atoms with Crippen molar-refractivity contribution >= 4 is 5.97 Å². The molecular weight excluding hydrogens is 405 g/mol. The van der Waals surface area contributed by atoms with Gasteiger partial charge in [0.25, 0.3) is 5.89 Å². The normalized spacial score (nSPS) is 13.2. The van der Waals surface area contributed by atoms with Gasteiger partial charge in [0.05, 0.1) is 5.56 Å². The van der Waals surface area contributed by atoms with Crippen LogP contribution in [-0.4, -0.2) is 44.0 Å². The maximum atomic E-state index is 10.6. The third-order valence-electron chi connectivity index (χ3n) is 4.36. The number of nitrogens with zero attached hydrogens (tertiary/aromatic N) is 3. The predicted octanol–water partition coefficient (Wildman–Crippen LogP) is 3.09. The summed E-state index contributed by atoms with van der Waals surface area (Å²) in [6, 6.07) is 6.93. The Kier molecular flexibility index (Phi) is 6.01. The highest BCUT2D eigenvalue weighted by Gasteiger charge is 2.38. The molecule has 8 nitrogen and oxygen atoms in total. The fourth-order valence-corrected chi connectivity index (χ4v) is 2.96. The number of hydrogen-bond acceptors (Lipinski definition) is 7. The zero-order chi connectivity index (χ0) is 21.9. The average Bonchev–Trinajstić information content (AvgIpc) is 3.17. The molecule has 11 heteroatoms. The van der Waals surface area contributed by atoms with Gasteiger partial charge in [0, 0.05) is 24.0 Å². The summed E-state index contributed by atoms with van der Waals surface area (Å²) in [4.78, 5) is 17.8. The summed E-state index contributed by atoms with van der Waals surface area (Å²) in [5.41, 5.74) is 4.75. The number of phenols is 1. The molecule has 0 atom stereocenters. The molecule has 0 spiro atoms. The molecule has 158 valence electrons. The number of aromatic hydroxyl groups is 1. The molecule has 2 aromatic heterocycles. The van der Waals surface area contributed by atoms with Crippen LogP contribution in [-0.2, 0) is 17.8 Å². The van der Waals surface area contributed by atoms with Crippen molar-refractivity contribution in [1.82, 2.24) is 20.4 Å². The van der Waals surface area contributed by atoms with E-state index in [2.05, 4.69) is 20.4 Å². The van der Waals surface area contributed by atoms with Crippen molar-refractivity contribution in [3.05, 3.63) is 47.3 Å². The van der Waals surface area contributed by atoms with E-state index in [1.54, 1.807) is 18.2 Å². The van der Waals surface area contributed by atoms with E-state index in [1.165, 1.54) is 11.1 Å². The van der Waals surface area contributed by atoms with Gasteiger partial charge in [-0.25, -0.2) is 4.79 Å². The van der Waals surface area contributed by atoms with Gasteiger partial charge >= 0.3 is 12.1 Å². The first-order valence-electron chi connectivity index (χ1n) is 8.79. The van der Waals surface area contributed by atoms with Gasteiger partial charge in [-0.3, -0.25) is 4.98 Å². The molecule has 3 N–H and O–H groups in total. The van der Waals surface area contributed by atoms with Crippen molar-refractivity contribution < 1.29 is 32.7 Å². The molecule has 0 radical (unpaired) electrons. The minimum absolute atomic E-state index is 0.122. The first-order chi connectivity index (χ1) is 14.2. The molecule has 1 aromatic carbocycles. The number of para-hydroxylation sites is 1. The Bertz CT molecular complexity index is 1070. The Morgan fingerprint density at radius 2 is 1.97 bits per heavy atom. The molecule has 1 aliphatic heterocycles. The van der Waals surface area contributed by atoms with E-state index in [4.69, 9.17) is 14.4 Å². The fraction of sp³-hybridized carbons (Fsp3) is 0.263. The second kappa shape index (κ2) is 8.49. The number of alkyl halides is 3. The summed E-state index contributed by atoms with van der Waals surface area (Å²) in [5.74, 6) is -1.81. The lowest BCUT2D eigenvalue weighted by atomic mass is 9.95. The smallest absolute Gasteiger partial charge is 0.490 e. The molecule has 30 heavy (non-hydrogen) atoms. The first kappa shape index (κ1) is 21.2. The second-order valence-corrected chi connectivity index (χ2v) is 6.39. The van der Waals surface area contributed by atoms with Gasteiger partial charge in [-0.05, 0) is 43.1 Å². The number of phenolic OH excluding ortho intramolecular Hbond substituents is 1. The summed E-state index contributed by atoms with van der Waals surface area (Å²) in [7, 11) is 0. The Morgan fingerprint density at radius 3 is 2.63 bits per heavy atom. The monoisotopic (exact) mass is 422 g/mol. The number of fused-ring (bicyclic) bond motifs is 1. The molecule has 0 amide bonds. The fourth-order valence-electron chi connectivity index (χ4n) is 2.96. The number of aliphatic carboxylic acids is 1. The number of pyridine rings is 1. The first-order valence-corrected chi connectivity index (χ1v) is 8.79. The molecule has 0 unspecified atom stereocenters. The Labute approximate surface area is 168 Å². The molecule has 3 heterocycles. The summed E-state index contributed by atoms with van der Waals surface area (Å²) < 4.78 is 37.1. The summed E-state index contributed by atoms with van der Waals surface area (Å²) in [6.45, 7) is 3.68. The van der Waals surface area contributed by atoms with Gasteiger partial charge in [-0.2, -0.15) is 18.2 Å². The van der Waals surface area contributed by atoms with E-state index in [0.29, 0.717) is 17.3 Å². The Hall–Kier alpha value is -3.47. The van der Waals surface area contributed by atoms with Crippen LogP contribution in [0.25, 0.3) is 22.8 Å². The van der Waals surface area contributed by atoms with E-state index in [1.807, 2.05) is 19.2 Å². The van der Waals surface area contributed by atoms with Gasteiger partial charge in [0.15, 0.2) is 0 Å². The van der Waals surface area contributed by atoms with Gasteiger partial charge in [-0.1, -0.05) is 17.3 Å². The highest BCUT2D eigenvalue weighted by Crippen LogP contribution is 2.32. The third kappa shape index (κ3) is 4.57. The van der Waals surface area contributed by atoms with E-state index < -0.39 is 12.1 Å². The van der Waals surface area contributed by atoms with E-state index in [9.17, 15) is 18.3 Å². The number of carboxylic acid groups (broad SMARTS) is 1. The number of carboxylic acids is 1. The number of hydrogen-bond donors (Lipinski definition) is 3. The quantitative estimate of drug-likeness (QED) is 0.576. The Balaban J connectivity index is 0.000000318. The van der Waals surface area contributed by atoms with Gasteiger partial charge in [0.1, 0.15) is 5.75 Å². The number of benzene rings is 1. The van der Waals surface area contributed by atoms with Gasteiger partial charge < -0.3 is 20.1 Å². The number of aryl methyl sites for hydroxylation is 1. The molecule has 0 bridgehead atoms. The lowest BCUT2D eigenvalue weighted by molar-refractivity contribution is -0.192. The zero-order valence-electron chi connectivity index (χ0n) is 15.7. The zero-order valence-corrected chi connectivity index (χ0v) is 15.7. The molecule has 0 saturated carbocycles. The van der Waals surface area contributed by atoms with Crippen LogP contribution >= 0.6 is 0 Å². The molecule has 1 aliphatic rings. The van der Waals surface area contributed by atoms with Crippen molar-refractivity contribution in [1.29, 1.82) is 0 Å². The molecular formula is C19H17F3N4O4. The number of halogens is 3. The molecule has 0 aliphatic carbocycles.